The minimum atomic E-state index is -1.28. The molecule has 1 atom stereocenters. The first-order valence-electron chi connectivity index (χ1n) is 6.40. The van der Waals surface area contributed by atoms with Crippen molar-refractivity contribution in [2.75, 3.05) is 18.1 Å². The molecule has 0 bridgehead atoms. The molecule has 1 N–H and O–H groups in total. The molecule has 1 unspecified atom stereocenters. The van der Waals surface area contributed by atoms with Gasteiger partial charge in [0, 0.05) is 22.6 Å². The Morgan fingerprint density at radius 3 is 2.79 bits per heavy atom. The Balaban J connectivity index is 1.95. The highest BCUT2D eigenvalue weighted by atomic mass is 32.2. The summed E-state index contributed by atoms with van der Waals surface area (Å²) < 4.78 is 17.0. The van der Waals surface area contributed by atoms with E-state index in [1.54, 1.807) is 4.90 Å². The minimum Gasteiger partial charge on any atom is -0.464 e. The molecule has 1 saturated carbocycles. The van der Waals surface area contributed by atoms with Crippen molar-refractivity contribution < 1.29 is 18.5 Å². The molecular formula is C13H19NO4S. The van der Waals surface area contributed by atoms with Gasteiger partial charge in [-0.1, -0.05) is 0 Å². The maximum atomic E-state index is 12.1. The number of aliphatic hydroxyl groups is 1. The second-order valence-corrected chi connectivity index (χ2v) is 6.35. The molecule has 1 aliphatic rings. The lowest BCUT2D eigenvalue weighted by Crippen LogP contribution is -2.36. The number of carbonyl (C=O) groups excluding carboxylic acids is 1. The van der Waals surface area contributed by atoms with E-state index in [2.05, 4.69) is 0 Å². The van der Waals surface area contributed by atoms with Crippen LogP contribution in [0, 0.1) is 6.92 Å². The average molecular weight is 285 g/mol. The van der Waals surface area contributed by atoms with Crippen LogP contribution in [-0.4, -0.2) is 44.3 Å². The molecule has 106 valence electrons. The number of hydrogen-bond acceptors (Lipinski definition) is 4. The molecule has 19 heavy (non-hydrogen) atoms. The number of nitrogens with zero attached hydrogens (tertiary/aromatic N) is 1. The van der Waals surface area contributed by atoms with Crippen LogP contribution >= 0.6 is 0 Å². The third kappa shape index (κ3) is 4.18. The molecular weight excluding hydrogens is 266 g/mol. The number of carbonyl (C=O) groups is 1. The van der Waals surface area contributed by atoms with Crippen LogP contribution in [0.15, 0.2) is 16.5 Å². The summed E-state index contributed by atoms with van der Waals surface area (Å²) in [4.78, 5) is 13.9. The highest BCUT2D eigenvalue weighted by molar-refractivity contribution is 7.85. The molecule has 0 aliphatic heterocycles. The number of rotatable bonds is 7. The third-order valence-corrected chi connectivity index (χ3v) is 4.24. The Kier molecular flexibility index (Phi) is 4.76. The largest absolute Gasteiger partial charge is 0.464 e. The Labute approximate surface area is 115 Å². The van der Waals surface area contributed by atoms with Crippen molar-refractivity contribution in [3.8, 4) is 0 Å². The summed E-state index contributed by atoms with van der Waals surface area (Å²) in [6.45, 7) is 2.15. The lowest BCUT2D eigenvalue weighted by molar-refractivity contribution is -0.129. The van der Waals surface area contributed by atoms with Crippen LogP contribution in [0.4, 0.5) is 0 Å². The van der Waals surface area contributed by atoms with Crippen LogP contribution in [0.5, 0.6) is 0 Å². The quantitative estimate of drug-likeness (QED) is 0.805. The first-order chi connectivity index (χ1) is 9.10. The minimum absolute atomic E-state index is 0.0171. The molecule has 1 amide bonds. The third-order valence-electron chi connectivity index (χ3n) is 3.03. The van der Waals surface area contributed by atoms with Gasteiger partial charge in [0.25, 0.3) is 0 Å². The molecule has 6 heteroatoms. The first-order valence-corrected chi connectivity index (χ1v) is 7.89. The normalized spacial score (nSPS) is 16.3. The first kappa shape index (κ1) is 14.3. The second-order valence-electron chi connectivity index (χ2n) is 4.78. The smallest absolute Gasteiger partial charge is 0.235 e. The molecule has 0 aromatic carbocycles. The fraction of sp³-hybridized carbons (Fsp3) is 0.615. The second kappa shape index (κ2) is 6.34. The van der Waals surface area contributed by atoms with Gasteiger partial charge >= 0.3 is 0 Å². The SMILES string of the molecule is Cc1ccc(CN(C(=O)CS(=O)CCO)C2CC2)o1. The molecule has 0 saturated heterocycles. The maximum Gasteiger partial charge on any atom is 0.235 e. The van der Waals surface area contributed by atoms with Crippen molar-refractivity contribution >= 4 is 16.7 Å². The van der Waals surface area contributed by atoms with Gasteiger partial charge in [0.15, 0.2) is 0 Å². The fourth-order valence-electron chi connectivity index (χ4n) is 1.94. The zero-order valence-corrected chi connectivity index (χ0v) is 11.8. The molecule has 2 rings (SSSR count). The fourth-order valence-corrected chi connectivity index (χ4v) is 2.73. The van der Waals surface area contributed by atoms with Gasteiger partial charge in [-0.15, -0.1) is 0 Å². The lowest BCUT2D eigenvalue weighted by atomic mass is 10.3. The summed E-state index contributed by atoms with van der Waals surface area (Å²) >= 11 is 0. The van der Waals surface area contributed by atoms with E-state index in [0.29, 0.717) is 6.54 Å². The monoisotopic (exact) mass is 285 g/mol. The van der Waals surface area contributed by atoms with Gasteiger partial charge in [0.05, 0.1) is 13.2 Å². The van der Waals surface area contributed by atoms with Gasteiger partial charge in [-0.25, -0.2) is 0 Å². The number of furan rings is 1. The summed E-state index contributed by atoms with van der Waals surface area (Å²) in [6.07, 6.45) is 2.00. The van der Waals surface area contributed by atoms with E-state index in [1.807, 2.05) is 19.1 Å². The average Bonchev–Trinajstić information content (AvgIpc) is 3.10. The van der Waals surface area contributed by atoms with Crippen LogP contribution in [0.2, 0.25) is 0 Å². The van der Waals surface area contributed by atoms with Crippen molar-refractivity contribution in [3.05, 3.63) is 23.7 Å². The van der Waals surface area contributed by atoms with E-state index in [9.17, 15) is 9.00 Å². The van der Waals surface area contributed by atoms with Gasteiger partial charge in [0.1, 0.15) is 17.3 Å². The summed E-state index contributed by atoms with van der Waals surface area (Å²) in [5.41, 5.74) is 0. The van der Waals surface area contributed by atoms with Crippen LogP contribution in [0.25, 0.3) is 0 Å². The molecule has 5 nitrogen and oxygen atoms in total. The molecule has 1 fully saturated rings. The number of hydrogen-bond donors (Lipinski definition) is 1. The zero-order chi connectivity index (χ0) is 13.8. The Morgan fingerprint density at radius 2 is 2.26 bits per heavy atom. The molecule has 1 heterocycles. The number of aryl methyl sites for hydroxylation is 1. The van der Waals surface area contributed by atoms with Gasteiger partial charge in [-0.2, -0.15) is 0 Å². The Morgan fingerprint density at radius 1 is 1.53 bits per heavy atom. The molecule has 0 radical (unpaired) electrons. The highest BCUT2D eigenvalue weighted by Gasteiger charge is 2.33. The van der Waals surface area contributed by atoms with Crippen LogP contribution in [-0.2, 0) is 22.1 Å². The van der Waals surface area contributed by atoms with E-state index in [4.69, 9.17) is 9.52 Å². The number of aliphatic hydroxyl groups excluding tert-OH is 1. The molecule has 1 aromatic heterocycles. The Bertz CT molecular complexity index is 467. The summed E-state index contributed by atoms with van der Waals surface area (Å²) in [5, 5.41) is 8.71. The van der Waals surface area contributed by atoms with Gasteiger partial charge in [-0.05, 0) is 31.9 Å². The van der Waals surface area contributed by atoms with Crippen LogP contribution in [0.3, 0.4) is 0 Å². The van der Waals surface area contributed by atoms with E-state index in [1.165, 1.54) is 0 Å². The zero-order valence-electron chi connectivity index (χ0n) is 11.0. The summed E-state index contributed by atoms with van der Waals surface area (Å²) in [5.74, 6) is 1.59. The van der Waals surface area contributed by atoms with E-state index < -0.39 is 10.8 Å². The Hall–Kier alpha value is -1.14. The van der Waals surface area contributed by atoms with E-state index in [0.717, 1.165) is 24.4 Å². The van der Waals surface area contributed by atoms with Crippen molar-refractivity contribution in [1.82, 2.24) is 4.90 Å². The van der Waals surface area contributed by atoms with Crippen LogP contribution < -0.4 is 0 Å². The van der Waals surface area contributed by atoms with Gasteiger partial charge in [-0.3, -0.25) is 9.00 Å². The molecule has 1 aromatic rings. The van der Waals surface area contributed by atoms with Crippen molar-refractivity contribution in [1.29, 1.82) is 0 Å². The summed E-state index contributed by atoms with van der Waals surface area (Å²) in [6, 6.07) is 3.99. The van der Waals surface area contributed by atoms with Crippen molar-refractivity contribution in [2.45, 2.75) is 32.4 Å². The van der Waals surface area contributed by atoms with E-state index in [-0.39, 0.29) is 30.1 Å². The predicted molar refractivity (Wildman–Crippen MR) is 72.0 cm³/mol. The van der Waals surface area contributed by atoms with Gasteiger partial charge < -0.3 is 14.4 Å². The summed E-state index contributed by atoms with van der Waals surface area (Å²) in [7, 11) is -1.28. The maximum absolute atomic E-state index is 12.1. The molecule has 1 aliphatic carbocycles. The molecule has 0 spiro atoms. The van der Waals surface area contributed by atoms with Gasteiger partial charge in [0.2, 0.25) is 5.91 Å². The highest BCUT2D eigenvalue weighted by Crippen LogP contribution is 2.28. The van der Waals surface area contributed by atoms with Crippen LogP contribution in [0.1, 0.15) is 24.4 Å². The van der Waals surface area contributed by atoms with Crippen molar-refractivity contribution in [3.63, 3.8) is 0 Å². The predicted octanol–water partition coefficient (Wildman–Crippen LogP) is 0.820. The number of amides is 1. The van der Waals surface area contributed by atoms with Crippen molar-refractivity contribution in [2.24, 2.45) is 0 Å². The standard InChI is InChI=1S/C13H19NO4S/c1-10-2-5-12(18-10)8-14(11-3-4-11)13(16)9-19(17)7-6-15/h2,5,11,15H,3-4,6-9H2,1H3. The topological polar surface area (TPSA) is 70.8 Å². The van der Waals surface area contributed by atoms with E-state index >= 15 is 0 Å². The lowest BCUT2D eigenvalue weighted by Gasteiger charge is -2.21.